The molecule has 37 heavy (non-hydrogen) atoms. The third-order valence-electron chi connectivity index (χ3n) is 4.80. The van der Waals surface area contributed by atoms with Crippen LogP contribution in [0.25, 0.3) is 0 Å². The summed E-state index contributed by atoms with van der Waals surface area (Å²) in [6.07, 6.45) is 0. The van der Waals surface area contributed by atoms with Crippen molar-refractivity contribution in [3.05, 3.63) is 89.5 Å². The van der Waals surface area contributed by atoms with E-state index in [1.54, 1.807) is 36.4 Å². The molecular formula is C21H12FeN3O9S3. The summed E-state index contributed by atoms with van der Waals surface area (Å²) in [5.41, 5.74) is 0.493. The summed E-state index contributed by atoms with van der Waals surface area (Å²) in [4.78, 5) is 0.0278. The second-order valence-corrected chi connectivity index (χ2v) is 11.8. The Morgan fingerprint density at radius 2 is 0.649 bits per heavy atom. The van der Waals surface area contributed by atoms with Crippen LogP contribution in [0.2, 0.25) is 0 Å². The van der Waals surface area contributed by atoms with Crippen LogP contribution in [0.1, 0.15) is 16.7 Å². The summed E-state index contributed by atoms with van der Waals surface area (Å²) in [6.45, 7) is 0. The SMILES string of the molecule is O=S1(=O)N=C([O-])c2ccccc21.O=S1(=O)N=C([O-])c2ccccc21.O=S1(=O)N=C([O-])c2ccccc21.[Fe+3]. The van der Waals surface area contributed by atoms with Crippen LogP contribution in [0.3, 0.4) is 0 Å². The second kappa shape index (κ2) is 10.1. The third kappa shape index (κ3) is 5.42. The van der Waals surface area contributed by atoms with Gasteiger partial charge < -0.3 is 15.3 Å². The van der Waals surface area contributed by atoms with Crippen molar-refractivity contribution in [1.82, 2.24) is 0 Å². The molecule has 0 atom stereocenters. The Morgan fingerprint density at radius 3 is 0.865 bits per heavy atom. The zero-order valence-electron chi connectivity index (χ0n) is 18.0. The van der Waals surface area contributed by atoms with E-state index >= 15 is 0 Å². The van der Waals surface area contributed by atoms with E-state index in [0.717, 1.165) is 0 Å². The van der Waals surface area contributed by atoms with Crippen LogP contribution in [0.5, 0.6) is 0 Å². The van der Waals surface area contributed by atoms with Gasteiger partial charge in [0.2, 0.25) is 0 Å². The number of nitrogens with zero attached hydrogens (tertiary/aromatic N) is 3. The van der Waals surface area contributed by atoms with Gasteiger partial charge in [-0.3, -0.25) is 0 Å². The monoisotopic (exact) mass is 602 g/mol. The fourth-order valence-corrected chi connectivity index (χ4v) is 6.52. The van der Waals surface area contributed by atoms with Gasteiger partial charge in [-0.1, -0.05) is 54.6 Å². The predicted molar refractivity (Wildman–Crippen MR) is 120 cm³/mol. The molecule has 0 fully saturated rings. The predicted octanol–water partition coefficient (Wildman–Crippen LogP) is -1.52. The van der Waals surface area contributed by atoms with Gasteiger partial charge in [0.15, 0.2) is 0 Å². The van der Waals surface area contributed by atoms with Crippen molar-refractivity contribution in [2.75, 3.05) is 0 Å². The molecule has 191 valence electrons. The zero-order chi connectivity index (χ0) is 26.3. The van der Waals surface area contributed by atoms with E-state index in [4.69, 9.17) is 0 Å². The van der Waals surface area contributed by atoms with Gasteiger partial charge in [0.25, 0.3) is 30.1 Å². The Kier molecular flexibility index (Phi) is 7.62. The van der Waals surface area contributed by atoms with Crippen LogP contribution < -0.4 is 15.3 Å². The third-order valence-corrected chi connectivity index (χ3v) is 8.75. The summed E-state index contributed by atoms with van der Waals surface area (Å²) in [5.74, 6) is -2.03. The Balaban J connectivity index is 0.000000152. The van der Waals surface area contributed by atoms with Crippen LogP contribution in [0, 0.1) is 0 Å². The van der Waals surface area contributed by atoms with Gasteiger partial charge >= 0.3 is 17.1 Å². The molecule has 3 aliphatic heterocycles. The average molecular weight is 602 g/mol. The molecule has 12 nitrogen and oxygen atoms in total. The smallest absolute Gasteiger partial charge is 0.858 e. The van der Waals surface area contributed by atoms with Crippen LogP contribution in [-0.2, 0) is 47.1 Å². The number of hydrogen-bond acceptors (Lipinski definition) is 9. The summed E-state index contributed by atoms with van der Waals surface area (Å²) in [5, 5.41) is 32.8. The van der Waals surface area contributed by atoms with E-state index in [1.165, 1.54) is 36.4 Å². The van der Waals surface area contributed by atoms with Crippen molar-refractivity contribution < 1.29 is 57.6 Å². The fourth-order valence-electron chi connectivity index (χ4n) is 3.23. The molecule has 3 heterocycles. The largest absolute Gasteiger partial charge is 3.00 e. The quantitative estimate of drug-likeness (QED) is 0.273. The maximum absolute atomic E-state index is 11.1. The first kappa shape index (κ1) is 28.0. The summed E-state index contributed by atoms with van der Waals surface area (Å²) < 4.78 is 75.5. The Hall–Kier alpha value is -3.56. The fraction of sp³-hybridized carbons (Fsp3) is 0. The molecule has 0 bridgehead atoms. The molecule has 1 radical (unpaired) electrons. The van der Waals surface area contributed by atoms with Crippen molar-refractivity contribution in [2.45, 2.75) is 14.7 Å². The summed E-state index contributed by atoms with van der Waals surface area (Å²) in [6, 6.07) is 18.0. The minimum Gasteiger partial charge on any atom is -0.858 e. The molecule has 0 aliphatic carbocycles. The first-order chi connectivity index (χ1) is 16.8. The van der Waals surface area contributed by atoms with Crippen molar-refractivity contribution >= 4 is 47.8 Å². The molecule has 3 aromatic rings. The summed E-state index contributed by atoms with van der Waals surface area (Å²) >= 11 is 0. The van der Waals surface area contributed by atoms with Gasteiger partial charge in [-0.2, -0.15) is 38.4 Å². The molecule has 0 spiro atoms. The first-order valence-electron chi connectivity index (χ1n) is 9.68. The number of sulfonamides is 3. The van der Waals surface area contributed by atoms with Crippen LogP contribution in [0.4, 0.5) is 0 Å². The maximum Gasteiger partial charge on any atom is 3.00 e. The number of fused-ring (bicyclic) bond motifs is 3. The van der Waals surface area contributed by atoms with Gasteiger partial charge in [0.1, 0.15) is 0 Å². The first-order valence-corrected chi connectivity index (χ1v) is 14.0. The second-order valence-electron chi connectivity index (χ2n) is 7.10. The van der Waals surface area contributed by atoms with Crippen molar-refractivity contribution in [1.29, 1.82) is 0 Å². The van der Waals surface area contributed by atoms with E-state index in [9.17, 15) is 40.6 Å². The summed E-state index contributed by atoms with van der Waals surface area (Å²) in [7, 11) is -11.0. The van der Waals surface area contributed by atoms with Crippen molar-refractivity contribution in [3.63, 3.8) is 0 Å². The molecule has 0 aromatic heterocycles. The Bertz CT molecular complexity index is 1600. The van der Waals surface area contributed by atoms with Crippen LogP contribution in [-0.4, -0.2) is 42.9 Å². The molecule has 0 amide bonds. The number of benzene rings is 3. The molecule has 16 heteroatoms. The maximum atomic E-state index is 11.1. The minimum absolute atomic E-state index is 0. The zero-order valence-corrected chi connectivity index (χ0v) is 21.6. The van der Waals surface area contributed by atoms with Crippen LogP contribution >= 0.6 is 0 Å². The molecule has 3 aliphatic rings. The van der Waals surface area contributed by atoms with Gasteiger partial charge in [0, 0.05) is 34.4 Å². The molecule has 0 saturated carbocycles. The van der Waals surface area contributed by atoms with Gasteiger partial charge in [0.05, 0.1) is 14.7 Å². The standard InChI is InChI=1S/3C7H5NO3S.Fe/c3*9-7-5-3-1-2-4-6(5)12(10,11)8-7;/h3*1-4H,(H,8,9);/q;;;+3/p-3. The van der Waals surface area contributed by atoms with Gasteiger partial charge in [-0.05, 0) is 18.2 Å². The molecule has 0 saturated heterocycles. The Labute approximate surface area is 222 Å². The Morgan fingerprint density at radius 1 is 0.432 bits per heavy atom. The number of hydrogen-bond donors (Lipinski definition) is 0. The van der Waals surface area contributed by atoms with E-state index in [1.807, 2.05) is 0 Å². The molecule has 6 rings (SSSR count). The average Bonchev–Trinajstić information content (AvgIpc) is 3.32. The molecule has 3 aromatic carbocycles. The minimum atomic E-state index is -3.68. The van der Waals surface area contributed by atoms with Gasteiger partial charge in [-0.25, -0.2) is 0 Å². The van der Waals surface area contributed by atoms with Crippen molar-refractivity contribution in [3.8, 4) is 0 Å². The van der Waals surface area contributed by atoms with E-state index in [-0.39, 0.29) is 48.4 Å². The van der Waals surface area contributed by atoms with Gasteiger partial charge in [-0.15, -0.1) is 0 Å². The molecular weight excluding hydrogens is 590 g/mol. The van der Waals surface area contributed by atoms with E-state index in [2.05, 4.69) is 13.2 Å². The molecule has 0 N–H and O–H groups in total. The van der Waals surface area contributed by atoms with E-state index < -0.39 is 47.8 Å². The molecule has 0 unspecified atom stereocenters. The van der Waals surface area contributed by atoms with Crippen LogP contribution in [0.15, 0.2) is 101 Å². The van der Waals surface area contributed by atoms with Crippen molar-refractivity contribution in [2.24, 2.45) is 13.2 Å². The van der Waals surface area contributed by atoms with E-state index in [0.29, 0.717) is 0 Å². The topological polar surface area (TPSA) is 209 Å². The normalized spacial score (nSPS) is 18.0. The number of rotatable bonds is 0.